The van der Waals surface area contributed by atoms with Gasteiger partial charge in [-0.2, -0.15) is 0 Å². The molecule has 1 fully saturated rings. The summed E-state index contributed by atoms with van der Waals surface area (Å²) in [6.45, 7) is 3.47. The van der Waals surface area contributed by atoms with Crippen LogP contribution in [0.4, 0.5) is 5.82 Å². The van der Waals surface area contributed by atoms with E-state index in [1.54, 1.807) is 23.6 Å². The zero-order valence-electron chi connectivity index (χ0n) is 19.7. The van der Waals surface area contributed by atoms with Crippen molar-refractivity contribution in [1.29, 1.82) is 0 Å². The van der Waals surface area contributed by atoms with Gasteiger partial charge in [-0.25, -0.2) is 9.97 Å². The van der Waals surface area contributed by atoms with Crippen LogP contribution in [0.15, 0.2) is 61.1 Å². The number of pyridine rings is 1. The molecule has 5 rings (SSSR count). The molecule has 186 valence electrons. The van der Waals surface area contributed by atoms with Gasteiger partial charge in [-0.3, -0.25) is 14.7 Å². The van der Waals surface area contributed by atoms with E-state index in [-0.39, 0.29) is 25.2 Å². The third kappa shape index (κ3) is 5.21. The van der Waals surface area contributed by atoms with E-state index in [1.165, 1.54) is 6.33 Å². The third-order valence-corrected chi connectivity index (χ3v) is 7.53. The summed E-state index contributed by atoms with van der Waals surface area (Å²) >= 11 is 1.54. The Bertz CT molecular complexity index is 1310. The highest BCUT2D eigenvalue weighted by Gasteiger charge is 2.23. The van der Waals surface area contributed by atoms with Gasteiger partial charge in [0, 0.05) is 49.4 Å². The first-order chi connectivity index (χ1) is 17.7. The van der Waals surface area contributed by atoms with E-state index in [0.29, 0.717) is 31.1 Å². The molecular formula is C26H28N6O3S. The average Bonchev–Trinajstić information content (AvgIpc) is 3.38. The monoisotopic (exact) mass is 504 g/mol. The van der Waals surface area contributed by atoms with Gasteiger partial charge in [0.15, 0.2) is 0 Å². The predicted molar refractivity (Wildman–Crippen MR) is 140 cm³/mol. The van der Waals surface area contributed by atoms with Gasteiger partial charge in [-0.15, -0.1) is 11.3 Å². The summed E-state index contributed by atoms with van der Waals surface area (Å²) < 4.78 is 0.891. The topological polar surface area (TPSA) is 115 Å². The molecule has 9 nitrogen and oxygen atoms in total. The van der Waals surface area contributed by atoms with Crippen LogP contribution in [0.25, 0.3) is 20.7 Å². The summed E-state index contributed by atoms with van der Waals surface area (Å²) in [4.78, 5) is 31.1. The van der Waals surface area contributed by atoms with Crippen LogP contribution in [-0.2, 0) is 0 Å². The van der Waals surface area contributed by atoms with Gasteiger partial charge in [-0.1, -0.05) is 30.3 Å². The number of aliphatic hydroxyl groups is 2. The molecule has 1 aromatic carbocycles. The number of anilines is 1. The van der Waals surface area contributed by atoms with E-state index in [2.05, 4.69) is 25.2 Å². The first-order valence-electron chi connectivity index (χ1n) is 11.9. The molecular weight excluding hydrogens is 476 g/mol. The van der Waals surface area contributed by atoms with Gasteiger partial charge in [0.2, 0.25) is 0 Å². The van der Waals surface area contributed by atoms with Crippen LogP contribution < -0.4 is 5.32 Å². The second kappa shape index (κ2) is 11.1. The van der Waals surface area contributed by atoms with Gasteiger partial charge in [0.25, 0.3) is 5.91 Å². The Labute approximate surface area is 213 Å². The number of aromatic nitrogens is 3. The zero-order chi connectivity index (χ0) is 24.9. The number of β-amino-alcohol motifs (C(OH)–C–C–N with tert-alkyl or cyclic N) is 1. The summed E-state index contributed by atoms with van der Waals surface area (Å²) in [6, 6.07) is 15.1. The van der Waals surface area contributed by atoms with Gasteiger partial charge in [0.05, 0.1) is 29.5 Å². The first kappa shape index (κ1) is 24.3. The van der Waals surface area contributed by atoms with Crippen molar-refractivity contribution in [3.8, 4) is 10.4 Å². The number of hydrogen-bond acceptors (Lipinski definition) is 9. The number of piperazine rings is 1. The number of carbonyl (C=O) groups excluding carboxylic acids is 1. The van der Waals surface area contributed by atoms with E-state index in [1.807, 2.05) is 47.4 Å². The molecule has 1 amide bonds. The Hall–Kier alpha value is -3.44. The van der Waals surface area contributed by atoms with Crippen molar-refractivity contribution in [2.75, 3.05) is 51.3 Å². The van der Waals surface area contributed by atoms with Crippen molar-refractivity contribution in [2.24, 2.45) is 0 Å². The van der Waals surface area contributed by atoms with Crippen molar-refractivity contribution in [3.05, 3.63) is 72.3 Å². The number of rotatable bonds is 8. The highest BCUT2D eigenvalue weighted by Crippen LogP contribution is 2.36. The SMILES string of the molecule is O=C(c1ccc(-c2cc3ncnc(N[C@H](CO)c4ccccc4)c3s2)cn1)N1CCN(CCO)CC1. The van der Waals surface area contributed by atoms with Crippen LogP contribution in [0.2, 0.25) is 0 Å². The normalized spacial score (nSPS) is 15.2. The molecule has 1 aliphatic heterocycles. The largest absolute Gasteiger partial charge is 0.395 e. The minimum absolute atomic E-state index is 0.0658. The van der Waals surface area contributed by atoms with Crippen molar-refractivity contribution >= 4 is 33.3 Å². The molecule has 1 saturated heterocycles. The number of nitrogens with one attached hydrogen (secondary N) is 1. The van der Waals surface area contributed by atoms with Crippen LogP contribution >= 0.6 is 11.3 Å². The van der Waals surface area contributed by atoms with Crippen molar-refractivity contribution in [1.82, 2.24) is 24.8 Å². The van der Waals surface area contributed by atoms with Crippen LogP contribution in [0.3, 0.4) is 0 Å². The fourth-order valence-corrected chi connectivity index (χ4v) is 5.38. The Kier molecular flexibility index (Phi) is 7.47. The molecule has 0 spiro atoms. The minimum atomic E-state index is -0.285. The number of amides is 1. The molecule has 0 radical (unpaired) electrons. The van der Waals surface area contributed by atoms with Crippen molar-refractivity contribution < 1.29 is 15.0 Å². The maximum absolute atomic E-state index is 12.9. The maximum Gasteiger partial charge on any atom is 0.272 e. The number of nitrogens with zero attached hydrogens (tertiary/aromatic N) is 5. The van der Waals surface area contributed by atoms with Crippen LogP contribution in [0.1, 0.15) is 22.1 Å². The summed E-state index contributed by atoms with van der Waals surface area (Å²) in [5, 5.41) is 22.4. The molecule has 4 aromatic rings. The van der Waals surface area contributed by atoms with Crippen molar-refractivity contribution in [3.63, 3.8) is 0 Å². The van der Waals surface area contributed by atoms with E-state index < -0.39 is 0 Å². The fourth-order valence-electron chi connectivity index (χ4n) is 4.33. The molecule has 3 N–H and O–H groups in total. The number of hydrogen-bond donors (Lipinski definition) is 3. The van der Waals surface area contributed by atoms with Gasteiger partial charge < -0.3 is 20.4 Å². The number of carbonyl (C=O) groups is 1. The van der Waals surface area contributed by atoms with E-state index in [9.17, 15) is 9.90 Å². The highest BCUT2D eigenvalue weighted by atomic mass is 32.1. The standard InChI is InChI=1S/C26H28N6O3S/c33-13-12-31-8-10-32(11-9-31)26(35)20-7-6-19(15-27-20)23-14-21-24(36-23)25(29-17-28-21)30-22(16-34)18-4-2-1-3-5-18/h1-7,14-15,17,22,33-34H,8-13,16H2,(H,28,29,30)/t22-/m1/s1. The van der Waals surface area contributed by atoms with E-state index >= 15 is 0 Å². The van der Waals surface area contributed by atoms with Crippen molar-refractivity contribution in [2.45, 2.75) is 6.04 Å². The number of aliphatic hydroxyl groups excluding tert-OH is 2. The molecule has 0 aliphatic carbocycles. The van der Waals surface area contributed by atoms with Crippen LogP contribution in [0.5, 0.6) is 0 Å². The molecule has 0 saturated carbocycles. The van der Waals surface area contributed by atoms with E-state index in [0.717, 1.165) is 39.3 Å². The molecule has 10 heteroatoms. The minimum Gasteiger partial charge on any atom is -0.395 e. The quantitative estimate of drug-likeness (QED) is 0.336. The molecule has 3 aromatic heterocycles. The molecule has 1 aliphatic rings. The lowest BCUT2D eigenvalue weighted by Crippen LogP contribution is -2.49. The summed E-state index contributed by atoms with van der Waals surface area (Å²) in [7, 11) is 0. The Morgan fingerprint density at radius 2 is 1.83 bits per heavy atom. The Balaban J connectivity index is 1.32. The number of thiophene rings is 1. The first-order valence-corrected chi connectivity index (χ1v) is 12.7. The van der Waals surface area contributed by atoms with Crippen LogP contribution in [-0.4, -0.2) is 86.8 Å². The average molecular weight is 505 g/mol. The smallest absolute Gasteiger partial charge is 0.272 e. The Morgan fingerprint density at radius 3 is 2.53 bits per heavy atom. The fraction of sp³-hybridized carbons (Fsp3) is 0.308. The third-order valence-electron chi connectivity index (χ3n) is 6.35. The molecule has 0 unspecified atom stereocenters. The lowest BCUT2D eigenvalue weighted by Gasteiger charge is -2.34. The molecule has 0 bridgehead atoms. The molecule has 1 atom stereocenters. The number of benzene rings is 1. The lowest BCUT2D eigenvalue weighted by atomic mass is 10.1. The maximum atomic E-state index is 12.9. The lowest BCUT2D eigenvalue weighted by molar-refractivity contribution is 0.0609. The highest BCUT2D eigenvalue weighted by molar-refractivity contribution is 7.22. The van der Waals surface area contributed by atoms with Crippen LogP contribution in [0, 0.1) is 0 Å². The van der Waals surface area contributed by atoms with E-state index in [4.69, 9.17) is 5.11 Å². The summed E-state index contributed by atoms with van der Waals surface area (Å²) in [5.74, 6) is 0.592. The second-order valence-electron chi connectivity index (χ2n) is 8.63. The summed E-state index contributed by atoms with van der Waals surface area (Å²) in [6.07, 6.45) is 3.24. The second-order valence-corrected chi connectivity index (χ2v) is 9.68. The number of fused-ring (bicyclic) bond motifs is 1. The Morgan fingerprint density at radius 1 is 1.03 bits per heavy atom. The van der Waals surface area contributed by atoms with Gasteiger partial charge in [0.1, 0.15) is 17.8 Å². The molecule has 4 heterocycles. The van der Waals surface area contributed by atoms with Gasteiger partial charge in [-0.05, 0) is 23.8 Å². The zero-order valence-corrected chi connectivity index (χ0v) is 20.6. The van der Waals surface area contributed by atoms with Gasteiger partial charge >= 0.3 is 0 Å². The predicted octanol–water partition coefficient (Wildman–Crippen LogP) is 2.65. The molecule has 36 heavy (non-hydrogen) atoms. The summed E-state index contributed by atoms with van der Waals surface area (Å²) in [5.41, 5.74) is 3.10.